The highest BCUT2D eigenvalue weighted by Gasteiger charge is 2.37. The highest BCUT2D eigenvalue weighted by molar-refractivity contribution is 9.10. The lowest BCUT2D eigenvalue weighted by molar-refractivity contribution is 0.450. The largest absolute Gasteiger partial charge is 0.442 e. The predicted molar refractivity (Wildman–Crippen MR) is 94.2 cm³/mol. The van der Waals surface area contributed by atoms with E-state index in [4.69, 9.17) is 10.1 Å². The van der Waals surface area contributed by atoms with E-state index < -0.39 is 5.92 Å². The summed E-state index contributed by atoms with van der Waals surface area (Å²) in [5.41, 5.74) is 2.53. The molecule has 0 radical (unpaired) electrons. The van der Waals surface area contributed by atoms with Gasteiger partial charge in [-0.3, -0.25) is 5.41 Å². The highest BCUT2D eigenvalue weighted by atomic mass is 79.9. The topological polar surface area (TPSA) is 60.1 Å². The van der Waals surface area contributed by atoms with Crippen molar-refractivity contribution in [2.75, 3.05) is 19.0 Å². The van der Waals surface area contributed by atoms with Crippen molar-refractivity contribution in [3.05, 3.63) is 57.8 Å². The summed E-state index contributed by atoms with van der Waals surface area (Å²) in [6, 6.07) is 12.5. The average Bonchev–Trinajstić information content (AvgIpc) is 2.55. The van der Waals surface area contributed by atoms with Gasteiger partial charge in [-0.25, -0.2) is 4.39 Å². The molecule has 1 aliphatic heterocycles. The first-order valence-corrected chi connectivity index (χ1v) is 8.13. The Kier molecular flexibility index (Phi) is 4.29. The molecule has 0 amide bonds. The van der Waals surface area contributed by atoms with Gasteiger partial charge in [0.15, 0.2) is 0 Å². The molecule has 2 aromatic rings. The van der Waals surface area contributed by atoms with Crippen molar-refractivity contribution in [3.8, 4) is 11.8 Å². The number of fused-ring (bicyclic) bond motifs is 1. The van der Waals surface area contributed by atoms with E-state index in [1.807, 2.05) is 37.2 Å². The van der Waals surface area contributed by atoms with Gasteiger partial charge in [0.25, 0.3) is 0 Å². The predicted octanol–water partition coefficient (Wildman–Crippen LogP) is 4.30. The number of nitrogens with zero attached hydrogens (tertiary/aromatic N) is 2. The molecule has 0 saturated carbocycles. The van der Waals surface area contributed by atoms with Crippen LogP contribution < -0.4 is 9.64 Å². The Morgan fingerprint density at radius 1 is 1.25 bits per heavy atom. The molecule has 6 heteroatoms. The van der Waals surface area contributed by atoms with E-state index >= 15 is 0 Å². The number of rotatable bonds is 2. The standard InChI is InChI=1S/C18H15BrFN3O/c1-23(2)11-4-5-12-16(8-11)24-18(22)13(9-21)17(12)10-3-6-15(20)14(19)7-10/h3-8,13,17,22H,1-2H3. The van der Waals surface area contributed by atoms with Gasteiger partial charge in [0, 0.05) is 37.3 Å². The van der Waals surface area contributed by atoms with Crippen molar-refractivity contribution in [2.45, 2.75) is 5.92 Å². The maximum atomic E-state index is 13.6. The smallest absolute Gasteiger partial charge is 0.205 e. The van der Waals surface area contributed by atoms with Crippen molar-refractivity contribution in [1.29, 1.82) is 10.7 Å². The Morgan fingerprint density at radius 2 is 2.00 bits per heavy atom. The molecule has 2 unspecified atom stereocenters. The molecule has 4 nitrogen and oxygen atoms in total. The number of hydrogen-bond acceptors (Lipinski definition) is 4. The summed E-state index contributed by atoms with van der Waals surface area (Å²) in [5.74, 6) is -1.02. The van der Waals surface area contributed by atoms with Crippen LogP contribution in [0, 0.1) is 28.5 Å². The lowest BCUT2D eigenvalue weighted by atomic mass is 9.79. The van der Waals surface area contributed by atoms with Gasteiger partial charge in [0.2, 0.25) is 5.90 Å². The molecule has 0 aromatic heterocycles. The van der Waals surface area contributed by atoms with E-state index in [1.54, 1.807) is 12.1 Å². The van der Waals surface area contributed by atoms with Crippen LogP contribution in [0.3, 0.4) is 0 Å². The van der Waals surface area contributed by atoms with Gasteiger partial charge >= 0.3 is 0 Å². The molecule has 1 N–H and O–H groups in total. The number of ether oxygens (including phenoxy) is 1. The summed E-state index contributed by atoms with van der Waals surface area (Å²) in [5, 5.41) is 17.6. The normalized spacial score (nSPS) is 19.2. The molecule has 0 fully saturated rings. The maximum Gasteiger partial charge on any atom is 0.205 e. The first-order valence-electron chi connectivity index (χ1n) is 7.34. The minimum Gasteiger partial charge on any atom is -0.442 e. The van der Waals surface area contributed by atoms with Crippen LogP contribution in [-0.4, -0.2) is 20.0 Å². The minimum absolute atomic E-state index is 0.0913. The van der Waals surface area contributed by atoms with Gasteiger partial charge in [0.1, 0.15) is 17.5 Å². The maximum absolute atomic E-state index is 13.6. The first-order chi connectivity index (χ1) is 11.4. The van der Waals surface area contributed by atoms with E-state index in [-0.39, 0.29) is 17.6 Å². The molecule has 0 saturated heterocycles. The molecule has 3 rings (SSSR count). The Balaban J connectivity index is 2.17. The van der Waals surface area contributed by atoms with E-state index in [1.165, 1.54) is 6.07 Å². The van der Waals surface area contributed by atoms with E-state index in [9.17, 15) is 9.65 Å². The molecule has 1 aliphatic rings. The minimum atomic E-state index is -0.750. The Morgan fingerprint density at radius 3 is 2.62 bits per heavy atom. The Hall–Kier alpha value is -2.39. The second kappa shape index (κ2) is 6.25. The second-order valence-corrected chi connectivity index (χ2v) is 6.70. The van der Waals surface area contributed by atoms with Crippen LogP contribution >= 0.6 is 15.9 Å². The zero-order valence-electron chi connectivity index (χ0n) is 13.2. The molecular weight excluding hydrogens is 373 g/mol. The number of anilines is 1. The van der Waals surface area contributed by atoms with Crippen LogP contribution in [0.15, 0.2) is 40.9 Å². The first kappa shape index (κ1) is 16.5. The van der Waals surface area contributed by atoms with Crippen LogP contribution in [0.2, 0.25) is 0 Å². The molecular formula is C18H15BrFN3O. The Labute approximate surface area is 148 Å². The highest BCUT2D eigenvalue weighted by Crippen LogP contribution is 2.43. The fourth-order valence-corrected chi connectivity index (χ4v) is 3.27. The van der Waals surface area contributed by atoms with Crippen LogP contribution in [0.4, 0.5) is 10.1 Å². The van der Waals surface area contributed by atoms with Crippen molar-refractivity contribution < 1.29 is 9.13 Å². The summed E-state index contributed by atoms with van der Waals surface area (Å²) in [7, 11) is 3.84. The van der Waals surface area contributed by atoms with Crippen LogP contribution in [0.25, 0.3) is 0 Å². The summed E-state index contributed by atoms with van der Waals surface area (Å²) in [6.07, 6.45) is 0. The van der Waals surface area contributed by atoms with Gasteiger partial charge in [-0.05, 0) is 39.7 Å². The van der Waals surface area contributed by atoms with Gasteiger partial charge in [-0.2, -0.15) is 5.26 Å². The molecule has 1 heterocycles. The average molecular weight is 388 g/mol. The molecule has 24 heavy (non-hydrogen) atoms. The number of nitriles is 1. The van der Waals surface area contributed by atoms with Gasteiger partial charge in [-0.1, -0.05) is 12.1 Å². The molecule has 0 bridgehead atoms. The monoisotopic (exact) mass is 387 g/mol. The summed E-state index contributed by atoms with van der Waals surface area (Å²) < 4.78 is 19.5. The van der Waals surface area contributed by atoms with Crippen LogP contribution in [0.5, 0.6) is 5.75 Å². The number of hydrogen-bond donors (Lipinski definition) is 1. The number of halogens is 2. The van der Waals surface area contributed by atoms with Crippen molar-refractivity contribution in [2.24, 2.45) is 5.92 Å². The zero-order chi connectivity index (χ0) is 17.4. The van der Waals surface area contributed by atoms with Crippen LogP contribution in [-0.2, 0) is 0 Å². The van der Waals surface area contributed by atoms with Gasteiger partial charge in [0.05, 0.1) is 10.5 Å². The van der Waals surface area contributed by atoms with E-state index in [0.29, 0.717) is 10.2 Å². The molecule has 2 atom stereocenters. The fraction of sp³-hybridized carbons (Fsp3) is 0.222. The Bertz CT molecular complexity index is 860. The van der Waals surface area contributed by atoms with E-state index in [2.05, 4.69) is 22.0 Å². The van der Waals surface area contributed by atoms with Crippen LogP contribution in [0.1, 0.15) is 17.0 Å². The molecule has 0 spiro atoms. The SMILES string of the molecule is CN(C)c1ccc2c(c1)OC(=N)C(C#N)C2c1ccc(F)c(Br)c1. The molecule has 2 aromatic carbocycles. The molecule has 0 aliphatic carbocycles. The lowest BCUT2D eigenvalue weighted by Crippen LogP contribution is -2.31. The summed E-state index contributed by atoms with van der Waals surface area (Å²) in [6.45, 7) is 0. The zero-order valence-corrected chi connectivity index (χ0v) is 14.8. The number of nitrogens with one attached hydrogen (secondary N) is 1. The quantitative estimate of drug-likeness (QED) is 0.835. The lowest BCUT2D eigenvalue weighted by Gasteiger charge is -2.31. The third kappa shape index (κ3) is 2.76. The number of benzene rings is 2. The van der Waals surface area contributed by atoms with Gasteiger partial charge in [-0.15, -0.1) is 0 Å². The van der Waals surface area contributed by atoms with Gasteiger partial charge < -0.3 is 9.64 Å². The summed E-state index contributed by atoms with van der Waals surface area (Å²) in [4.78, 5) is 1.94. The third-order valence-electron chi connectivity index (χ3n) is 4.13. The van der Waals surface area contributed by atoms with Crippen molar-refractivity contribution in [1.82, 2.24) is 0 Å². The van der Waals surface area contributed by atoms with Crippen molar-refractivity contribution in [3.63, 3.8) is 0 Å². The second-order valence-electron chi connectivity index (χ2n) is 5.84. The van der Waals surface area contributed by atoms with E-state index in [0.717, 1.165) is 16.8 Å². The molecule has 122 valence electrons. The fourth-order valence-electron chi connectivity index (χ4n) is 2.87. The third-order valence-corrected chi connectivity index (χ3v) is 4.73. The summed E-state index contributed by atoms with van der Waals surface area (Å²) >= 11 is 3.19. The van der Waals surface area contributed by atoms with Crippen molar-refractivity contribution >= 4 is 27.5 Å².